The molecule has 0 unspecified atom stereocenters. The smallest absolute Gasteiger partial charge is 0.252 e. The van der Waals surface area contributed by atoms with Gasteiger partial charge in [0.25, 0.3) is 5.91 Å². The molecule has 1 aromatic heterocycles. The number of pyridine rings is 1. The quantitative estimate of drug-likeness (QED) is 0.681. The number of carbonyl (C=O) groups excluding carboxylic acids is 1. The van der Waals surface area contributed by atoms with Crippen LogP contribution in [0.5, 0.6) is 5.88 Å². The first-order chi connectivity index (χ1) is 7.27. The predicted octanol–water partition coefficient (Wildman–Crippen LogP) is 0.202. The molecule has 1 amide bonds. The molecule has 1 rings (SSSR count). The second-order valence-electron chi connectivity index (χ2n) is 2.92. The Morgan fingerprint density at radius 1 is 1.60 bits per heavy atom. The van der Waals surface area contributed by atoms with Gasteiger partial charge in [-0.2, -0.15) is 0 Å². The summed E-state index contributed by atoms with van der Waals surface area (Å²) in [5, 5.41) is 11.2. The zero-order valence-corrected chi connectivity index (χ0v) is 8.56. The number of hydrogen-bond acceptors (Lipinski definition) is 4. The molecule has 0 saturated carbocycles. The molecular weight excluding hydrogens is 196 g/mol. The van der Waals surface area contributed by atoms with E-state index in [2.05, 4.69) is 10.3 Å². The van der Waals surface area contributed by atoms with Crippen molar-refractivity contribution in [2.24, 2.45) is 0 Å². The highest BCUT2D eigenvalue weighted by Crippen LogP contribution is 2.06. The van der Waals surface area contributed by atoms with E-state index in [1.165, 1.54) is 13.3 Å². The molecule has 0 fully saturated rings. The Labute approximate surface area is 88.1 Å². The van der Waals surface area contributed by atoms with E-state index in [0.29, 0.717) is 24.4 Å². The van der Waals surface area contributed by atoms with Crippen LogP contribution in [-0.2, 0) is 0 Å². The van der Waals surface area contributed by atoms with Crippen LogP contribution >= 0.6 is 0 Å². The summed E-state index contributed by atoms with van der Waals surface area (Å²) in [6.45, 7) is 0.530. The maximum absolute atomic E-state index is 11.4. The average Bonchev–Trinajstić information content (AvgIpc) is 2.29. The van der Waals surface area contributed by atoms with Crippen molar-refractivity contribution in [2.45, 2.75) is 6.42 Å². The standard InChI is InChI=1S/C10H14N2O3/c1-15-9-4-3-8(7-12-9)10(14)11-5-2-6-13/h3-4,7,13H,2,5-6H2,1H3,(H,11,14). The molecule has 0 aliphatic carbocycles. The fraction of sp³-hybridized carbons (Fsp3) is 0.400. The topological polar surface area (TPSA) is 71.5 Å². The SMILES string of the molecule is COc1ccc(C(=O)NCCCO)cn1. The molecule has 0 aliphatic heterocycles. The van der Waals surface area contributed by atoms with Crippen LogP contribution < -0.4 is 10.1 Å². The second-order valence-corrected chi connectivity index (χ2v) is 2.92. The van der Waals surface area contributed by atoms with Gasteiger partial charge in [0.1, 0.15) is 0 Å². The third-order valence-electron chi connectivity index (χ3n) is 1.83. The van der Waals surface area contributed by atoms with Crippen LogP contribution in [0.1, 0.15) is 16.8 Å². The van der Waals surface area contributed by atoms with Gasteiger partial charge in [0.2, 0.25) is 5.88 Å². The van der Waals surface area contributed by atoms with Gasteiger partial charge in [-0.3, -0.25) is 4.79 Å². The van der Waals surface area contributed by atoms with Crippen LogP contribution in [0.3, 0.4) is 0 Å². The fourth-order valence-corrected chi connectivity index (χ4v) is 1.02. The predicted molar refractivity (Wildman–Crippen MR) is 54.8 cm³/mol. The van der Waals surface area contributed by atoms with Crippen molar-refractivity contribution in [1.29, 1.82) is 0 Å². The number of aliphatic hydroxyl groups is 1. The lowest BCUT2D eigenvalue weighted by molar-refractivity contribution is 0.0950. The molecule has 0 aromatic carbocycles. The molecule has 0 aliphatic rings. The van der Waals surface area contributed by atoms with Gasteiger partial charge in [0.05, 0.1) is 12.7 Å². The summed E-state index contributed by atoms with van der Waals surface area (Å²) in [6, 6.07) is 3.26. The van der Waals surface area contributed by atoms with Gasteiger partial charge in [-0.1, -0.05) is 0 Å². The second kappa shape index (κ2) is 5.98. The van der Waals surface area contributed by atoms with Crippen LogP contribution in [0.25, 0.3) is 0 Å². The zero-order chi connectivity index (χ0) is 11.1. The van der Waals surface area contributed by atoms with E-state index in [0.717, 1.165) is 0 Å². The minimum absolute atomic E-state index is 0.0706. The summed E-state index contributed by atoms with van der Waals surface area (Å²) in [5.74, 6) is 0.278. The van der Waals surface area contributed by atoms with E-state index in [9.17, 15) is 4.79 Å². The van der Waals surface area contributed by atoms with Crippen molar-refractivity contribution < 1.29 is 14.6 Å². The van der Waals surface area contributed by atoms with E-state index in [1.54, 1.807) is 12.1 Å². The van der Waals surface area contributed by atoms with E-state index < -0.39 is 0 Å². The lowest BCUT2D eigenvalue weighted by Gasteiger charge is -2.04. The zero-order valence-electron chi connectivity index (χ0n) is 8.56. The van der Waals surface area contributed by atoms with Gasteiger partial charge in [0.15, 0.2) is 0 Å². The number of nitrogens with one attached hydrogen (secondary N) is 1. The normalized spacial score (nSPS) is 9.73. The largest absolute Gasteiger partial charge is 0.481 e. The number of ether oxygens (including phenoxy) is 1. The fourth-order valence-electron chi connectivity index (χ4n) is 1.02. The molecule has 2 N–H and O–H groups in total. The highest BCUT2D eigenvalue weighted by molar-refractivity contribution is 5.93. The van der Waals surface area contributed by atoms with Gasteiger partial charge in [0, 0.05) is 25.4 Å². The van der Waals surface area contributed by atoms with Crippen molar-refractivity contribution >= 4 is 5.91 Å². The molecule has 1 aromatic rings. The minimum atomic E-state index is -0.196. The minimum Gasteiger partial charge on any atom is -0.481 e. The number of amides is 1. The summed E-state index contributed by atoms with van der Waals surface area (Å²) < 4.78 is 4.87. The molecule has 0 saturated heterocycles. The molecule has 5 heteroatoms. The van der Waals surface area contributed by atoms with E-state index in [4.69, 9.17) is 9.84 Å². The summed E-state index contributed by atoms with van der Waals surface area (Å²) >= 11 is 0. The third kappa shape index (κ3) is 3.55. The molecule has 1 heterocycles. The molecule has 0 radical (unpaired) electrons. The number of hydrogen-bond donors (Lipinski definition) is 2. The molecular formula is C10H14N2O3. The van der Waals surface area contributed by atoms with Crippen molar-refractivity contribution in [1.82, 2.24) is 10.3 Å². The Hall–Kier alpha value is -1.62. The summed E-state index contributed by atoms with van der Waals surface area (Å²) in [4.78, 5) is 15.4. The van der Waals surface area contributed by atoms with E-state index in [-0.39, 0.29) is 12.5 Å². The number of carbonyl (C=O) groups is 1. The van der Waals surface area contributed by atoms with Gasteiger partial charge >= 0.3 is 0 Å². The summed E-state index contributed by atoms with van der Waals surface area (Å²) in [7, 11) is 1.52. The molecule has 5 nitrogen and oxygen atoms in total. The van der Waals surface area contributed by atoms with Crippen LogP contribution in [0.2, 0.25) is 0 Å². The van der Waals surface area contributed by atoms with Crippen LogP contribution in [-0.4, -0.2) is 36.3 Å². The van der Waals surface area contributed by atoms with Crippen molar-refractivity contribution in [2.75, 3.05) is 20.3 Å². The molecule has 82 valence electrons. The van der Waals surface area contributed by atoms with Crippen molar-refractivity contribution in [3.63, 3.8) is 0 Å². The number of aliphatic hydroxyl groups excluding tert-OH is 1. The van der Waals surface area contributed by atoms with Gasteiger partial charge in [-0.25, -0.2) is 4.98 Å². The molecule has 0 spiro atoms. The first kappa shape index (κ1) is 11.5. The van der Waals surface area contributed by atoms with E-state index >= 15 is 0 Å². The molecule has 15 heavy (non-hydrogen) atoms. The van der Waals surface area contributed by atoms with Gasteiger partial charge in [-0.05, 0) is 12.5 Å². The Bertz CT molecular complexity index is 311. The first-order valence-electron chi connectivity index (χ1n) is 4.67. The lowest BCUT2D eigenvalue weighted by atomic mass is 10.2. The van der Waals surface area contributed by atoms with Gasteiger partial charge < -0.3 is 15.2 Å². The first-order valence-corrected chi connectivity index (χ1v) is 4.67. The highest BCUT2D eigenvalue weighted by Gasteiger charge is 2.04. The highest BCUT2D eigenvalue weighted by atomic mass is 16.5. The number of nitrogens with zero attached hydrogens (tertiary/aromatic N) is 1. The Morgan fingerprint density at radius 2 is 2.40 bits per heavy atom. The van der Waals surface area contributed by atoms with Gasteiger partial charge in [-0.15, -0.1) is 0 Å². The van der Waals surface area contributed by atoms with Crippen LogP contribution in [0.15, 0.2) is 18.3 Å². The average molecular weight is 210 g/mol. The van der Waals surface area contributed by atoms with Crippen molar-refractivity contribution in [3.8, 4) is 5.88 Å². The lowest BCUT2D eigenvalue weighted by Crippen LogP contribution is -2.25. The maximum Gasteiger partial charge on any atom is 0.252 e. The molecule has 0 bridgehead atoms. The number of rotatable bonds is 5. The third-order valence-corrected chi connectivity index (χ3v) is 1.83. The van der Waals surface area contributed by atoms with Crippen molar-refractivity contribution in [3.05, 3.63) is 23.9 Å². The van der Waals surface area contributed by atoms with E-state index in [1.807, 2.05) is 0 Å². The molecule has 0 atom stereocenters. The Balaban J connectivity index is 2.50. The van der Waals surface area contributed by atoms with Crippen LogP contribution in [0, 0.1) is 0 Å². The van der Waals surface area contributed by atoms with Crippen LogP contribution in [0.4, 0.5) is 0 Å². The Kier molecular flexibility index (Phi) is 4.56. The monoisotopic (exact) mass is 210 g/mol. The number of aromatic nitrogens is 1. The maximum atomic E-state index is 11.4. The summed E-state index contributed by atoms with van der Waals surface area (Å²) in [5.41, 5.74) is 0.480. The number of methoxy groups -OCH3 is 1. The Morgan fingerprint density at radius 3 is 2.93 bits per heavy atom. The summed E-state index contributed by atoms with van der Waals surface area (Å²) in [6.07, 6.45) is 2.00.